The minimum atomic E-state index is -5.84. The molecule has 0 saturated carbocycles. The van der Waals surface area contributed by atoms with Crippen LogP contribution in [0.4, 0.5) is 13.2 Å². The Morgan fingerprint density at radius 3 is 2.12 bits per heavy atom. The molecule has 1 heterocycles. The maximum Gasteiger partial charge on any atom is 0.523 e. The van der Waals surface area contributed by atoms with E-state index in [-0.39, 0.29) is 17.5 Å². The molecule has 128 valence electrons. The second kappa shape index (κ2) is 5.42. The molecule has 0 radical (unpaired) electrons. The van der Waals surface area contributed by atoms with E-state index in [0.717, 1.165) is 4.90 Å². The highest BCUT2D eigenvalue weighted by Crippen LogP contribution is 2.33. The summed E-state index contributed by atoms with van der Waals surface area (Å²) in [5.74, 6) is -1.41. The summed E-state index contributed by atoms with van der Waals surface area (Å²) in [5.41, 5.74) is -5.36. The summed E-state index contributed by atoms with van der Waals surface area (Å²) in [7, 11) is -5.84. The van der Waals surface area contributed by atoms with Crippen molar-refractivity contribution in [3.8, 4) is 0 Å². The van der Waals surface area contributed by atoms with Crippen molar-refractivity contribution in [2.24, 2.45) is 0 Å². The number of hydrogen-bond acceptors (Lipinski definition) is 5. The van der Waals surface area contributed by atoms with Crippen LogP contribution < -0.4 is 0 Å². The van der Waals surface area contributed by atoms with E-state index in [1.807, 2.05) is 0 Å². The first-order chi connectivity index (χ1) is 11.1. The van der Waals surface area contributed by atoms with Gasteiger partial charge in [-0.2, -0.15) is 21.6 Å². The van der Waals surface area contributed by atoms with E-state index in [1.54, 1.807) is 12.1 Å². The fraction of sp³-hybridized carbons (Fsp3) is 0.286. The second-order valence-electron chi connectivity index (χ2n) is 5.21. The van der Waals surface area contributed by atoms with Crippen LogP contribution >= 0.6 is 0 Å². The van der Waals surface area contributed by atoms with Crippen LogP contribution in [0, 0.1) is 0 Å². The van der Waals surface area contributed by atoms with Gasteiger partial charge in [0, 0.05) is 0 Å². The molecule has 0 saturated heterocycles. The maximum absolute atomic E-state index is 12.5. The van der Waals surface area contributed by atoms with Crippen molar-refractivity contribution < 1.29 is 35.4 Å². The third-order valence-electron chi connectivity index (χ3n) is 3.74. The number of hydrogen-bond donors (Lipinski definition) is 0. The van der Waals surface area contributed by atoms with Gasteiger partial charge in [-0.25, -0.2) is 0 Å². The van der Waals surface area contributed by atoms with E-state index < -0.39 is 39.6 Å². The number of carbonyl (C=O) groups excluding carboxylic acids is 2. The van der Waals surface area contributed by atoms with Gasteiger partial charge in [-0.05, 0) is 18.6 Å². The molecule has 0 aromatic heterocycles. The Balaban J connectivity index is 1.89. The first-order valence-electron chi connectivity index (χ1n) is 6.76. The standard InChI is InChI=1S/C14H10F3NO5S/c15-14(16,17)24(21,22)23-11-7-3-6-10(11)18-12(19)8-4-1-2-5-9(8)13(18)20/h1-6,10-11H,7H2/t10-,11-/m0/s1. The molecule has 0 bridgehead atoms. The van der Waals surface area contributed by atoms with Gasteiger partial charge in [0.25, 0.3) is 11.8 Å². The summed E-state index contributed by atoms with van der Waals surface area (Å²) in [6, 6.07) is 4.68. The SMILES string of the molecule is O=C1c2ccccc2C(=O)N1[C@H]1C=CC[C@@H]1OS(=O)(=O)C(F)(F)F. The van der Waals surface area contributed by atoms with E-state index in [1.165, 1.54) is 24.3 Å². The zero-order valence-electron chi connectivity index (χ0n) is 11.9. The van der Waals surface area contributed by atoms with Gasteiger partial charge < -0.3 is 0 Å². The zero-order chi connectivity index (χ0) is 17.7. The Hall–Kier alpha value is -2.20. The first-order valence-corrected chi connectivity index (χ1v) is 8.17. The minimum Gasteiger partial charge on any atom is -0.269 e. The van der Waals surface area contributed by atoms with Crippen LogP contribution in [0.3, 0.4) is 0 Å². The largest absolute Gasteiger partial charge is 0.523 e. The lowest BCUT2D eigenvalue weighted by Gasteiger charge is -2.27. The molecule has 1 aliphatic carbocycles. The van der Waals surface area contributed by atoms with Crippen LogP contribution in [0.15, 0.2) is 36.4 Å². The summed E-state index contributed by atoms with van der Waals surface area (Å²) in [6.45, 7) is 0. The van der Waals surface area contributed by atoms with E-state index in [2.05, 4.69) is 4.18 Å². The Morgan fingerprint density at radius 2 is 1.62 bits per heavy atom. The molecular formula is C14H10F3NO5S. The molecule has 24 heavy (non-hydrogen) atoms. The van der Waals surface area contributed by atoms with Crippen LogP contribution in [0.25, 0.3) is 0 Å². The van der Waals surface area contributed by atoms with Gasteiger partial charge in [0.2, 0.25) is 0 Å². The maximum atomic E-state index is 12.5. The predicted molar refractivity (Wildman–Crippen MR) is 74.3 cm³/mol. The average Bonchev–Trinajstić information content (AvgIpc) is 3.02. The summed E-state index contributed by atoms with van der Waals surface area (Å²) < 4.78 is 64.0. The summed E-state index contributed by atoms with van der Waals surface area (Å²) in [6.07, 6.45) is 0.968. The Bertz CT molecular complexity index is 811. The van der Waals surface area contributed by atoms with Crippen molar-refractivity contribution in [2.45, 2.75) is 24.1 Å². The highest BCUT2D eigenvalue weighted by molar-refractivity contribution is 7.87. The zero-order valence-corrected chi connectivity index (χ0v) is 12.7. The van der Waals surface area contributed by atoms with Crippen LogP contribution in [0.2, 0.25) is 0 Å². The van der Waals surface area contributed by atoms with Crippen LogP contribution in [0.5, 0.6) is 0 Å². The predicted octanol–water partition coefficient (Wildman–Crippen LogP) is 1.85. The molecule has 0 N–H and O–H groups in total. The van der Waals surface area contributed by atoms with Crippen molar-refractivity contribution >= 4 is 21.9 Å². The third kappa shape index (κ3) is 2.51. The van der Waals surface area contributed by atoms with Gasteiger partial charge in [-0.1, -0.05) is 24.3 Å². The lowest BCUT2D eigenvalue weighted by Crippen LogP contribution is -2.46. The number of fused-ring (bicyclic) bond motifs is 1. The Labute approximate surface area is 134 Å². The topological polar surface area (TPSA) is 80.8 Å². The van der Waals surface area contributed by atoms with Crippen molar-refractivity contribution in [3.63, 3.8) is 0 Å². The van der Waals surface area contributed by atoms with Gasteiger partial charge in [0.05, 0.1) is 17.2 Å². The van der Waals surface area contributed by atoms with Crippen molar-refractivity contribution in [2.75, 3.05) is 0 Å². The molecule has 3 rings (SSSR count). The van der Waals surface area contributed by atoms with E-state index in [9.17, 15) is 31.2 Å². The summed E-state index contributed by atoms with van der Waals surface area (Å²) in [4.78, 5) is 25.4. The number of alkyl halides is 3. The second-order valence-corrected chi connectivity index (χ2v) is 6.78. The number of rotatable bonds is 3. The van der Waals surface area contributed by atoms with E-state index in [0.29, 0.717) is 0 Å². The van der Waals surface area contributed by atoms with Crippen molar-refractivity contribution in [3.05, 3.63) is 47.5 Å². The molecular weight excluding hydrogens is 351 g/mol. The highest BCUT2D eigenvalue weighted by Gasteiger charge is 2.51. The molecule has 2 aliphatic rings. The van der Waals surface area contributed by atoms with Gasteiger partial charge >= 0.3 is 15.6 Å². The molecule has 1 aromatic carbocycles. The quantitative estimate of drug-likeness (QED) is 0.355. The number of amides is 2. The third-order valence-corrected chi connectivity index (χ3v) is 4.81. The van der Waals surface area contributed by atoms with Crippen LogP contribution in [-0.4, -0.2) is 42.8 Å². The lowest BCUT2D eigenvalue weighted by molar-refractivity contribution is -0.0584. The van der Waals surface area contributed by atoms with Gasteiger partial charge in [0.15, 0.2) is 0 Å². The fourth-order valence-electron chi connectivity index (χ4n) is 2.66. The van der Waals surface area contributed by atoms with Crippen molar-refractivity contribution in [1.29, 1.82) is 0 Å². The first kappa shape index (κ1) is 16.7. The molecule has 2 amide bonds. The number of nitrogens with zero attached hydrogens (tertiary/aromatic N) is 1. The molecule has 1 aromatic rings. The Morgan fingerprint density at radius 1 is 1.08 bits per heavy atom. The van der Waals surface area contributed by atoms with E-state index >= 15 is 0 Å². The number of halogens is 3. The molecule has 0 spiro atoms. The average molecular weight is 361 g/mol. The number of carbonyl (C=O) groups is 2. The summed E-state index contributed by atoms with van der Waals surface area (Å²) >= 11 is 0. The Kier molecular flexibility index (Phi) is 3.76. The normalized spacial score (nSPS) is 23.9. The van der Waals surface area contributed by atoms with Gasteiger partial charge in [-0.15, -0.1) is 0 Å². The monoisotopic (exact) mass is 361 g/mol. The van der Waals surface area contributed by atoms with Crippen molar-refractivity contribution in [1.82, 2.24) is 4.90 Å². The fourth-order valence-corrected chi connectivity index (χ4v) is 3.29. The molecule has 0 fully saturated rings. The molecule has 2 atom stereocenters. The number of imide groups is 1. The lowest BCUT2D eigenvalue weighted by atomic mass is 10.1. The molecule has 0 unspecified atom stereocenters. The smallest absolute Gasteiger partial charge is 0.269 e. The van der Waals surface area contributed by atoms with Crippen LogP contribution in [0.1, 0.15) is 27.1 Å². The molecule has 10 heteroatoms. The number of benzene rings is 1. The summed E-state index contributed by atoms with van der Waals surface area (Å²) in [5, 5.41) is 0. The molecule has 6 nitrogen and oxygen atoms in total. The minimum absolute atomic E-state index is 0.111. The van der Waals surface area contributed by atoms with Gasteiger partial charge in [0.1, 0.15) is 6.10 Å². The highest BCUT2D eigenvalue weighted by atomic mass is 32.2. The molecule has 1 aliphatic heterocycles. The van der Waals surface area contributed by atoms with Gasteiger partial charge in [-0.3, -0.25) is 18.7 Å². The van der Waals surface area contributed by atoms with E-state index in [4.69, 9.17) is 0 Å². The van der Waals surface area contributed by atoms with Crippen LogP contribution in [-0.2, 0) is 14.3 Å².